The van der Waals surface area contributed by atoms with E-state index in [1.54, 1.807) is 0 Å². The summed E-state index contributed by atoms with van der Waals surface area (Å²) < 4.78 is 13.6. The molecule has 0 saturated carbocycles. The highest BCUT2D eigenvalue weighted by Crippen LogP contribution is 2.19. The largest absolute Gasteiger partial charge is 0.346 e. The highest BCUT2D eigenvalue weighted by atomic mass is 19.1. The first-order chi connectivity index (χ1) is 5.04. The van der Waals surface area contributed by atoms with Crippen LogP contribution in [-0.2, 0) is 7.05 Å². The molecule has 0 saturated heterocycles. The standard InChI is InChI=1S/C5H6FN3O2/c1-3-4(9(10)11)5(6)8(2)7-3/h1-2H3. The number of nitro groups is 1. The van der Waals surface area contributed by atoms with Crippen molar-refractivity contribution >= 4 is 5.69 Å². The molecule has 5 nitrogen and oxygen atoms in total. The highest BCUT2D eigenvalue weighted by Gasteiger charge is 2.23. The Kier molecular flexibility index (Phi) is 1.60. The molecule has 0 aliphatic rings. The van der Waals surface area contributed by atoms with Crippen LogP contribution in [0.2, 0.25) is 0 Å². The molecule has 1 aromatic heterocycles. The zero-order valence-corrected chi connectivity index (χ0v) is 6.04. The van der Waals surface area contributed by atoms with Gasteiger partial charge in [-0.15, -0.1) is 0 Å². The zero-order valence-electron chi connectivity index (χ0n) is 6.04. The van der Waals surface area contributed by atoms with Crippen LogP contribution in [0.1, 0.15) is 5.69 Å². The summed E-state index contributed by atoms with van der Waals surface area (Å²) in [6.45, 7) is 1.39. The fraction of sp³-hybridized carbons (Fsp3) is 0.400. The van der Waals surface area contributed by atoms with Gasteiger partial charge in [0.1, 0.15) is 5.69 Å². The van der Waals surface area contributed by atoms with Crippen LogP contribution in [-0.4, -0.2) is 14.7 Å². The Labute approximate surface area is 61.6 Å². The van der Waals surface area contributed by atoms with E-state index >= 15 is 0 Å². The van der Waals surface area contributed by atoms with Gasteiger partial charge in [0.15, 0.2) is 0 Å². The van der Waals surface area contributed by atoms with Crippen molar-refractivity contribution in [3.63, 3.8) is 0 Å². The summed E-state index contributed by atoms with van der Waals surface area (Å²) in [7, 11) is 1.31. The summed E-state index contributed by atoms with van der Waals surface area (Å²) in [6.07, 6.45) is 0. The molecule has 1 aromatic rings. The normalized spacial score (nSPS) is 10.1. The Bertz CT molecular complexity index is 307. The number of aryl methyl sites for hydroxylation is 2. The molecular weight excluding hydrogens is 153 g/mol. The third kappa shape index (κ3) is 1.06. The number of rotatable bonds is 1. The van der Waals surface area contributed by atoms with Gasteiger partial charge in [0.05, 0.1) is 4.92 Å². The average Bonchev–Trinajstić information content (AvgIpc) is 2.07. The van der Waals surface area contributed by atoms with Crippen LogP contribution in [0, 0.1) is 23.0 Å². The second-order valence-corrected chi connectivity index (χ2v) is 2.11. The van der Waals surface area contributed by atoms with Gasteiger partial charge in [-0.05, 0) is 6.92 Å². The first kappa shape index (κ1) is 7.64. The van der Waals surface area contributed by atoms with Crippen LogP contribution in [0.25, 0.3) is 0 Å². The van der Waals surface area contributed by atoms with Gasteiger partial charge in [0.2, 0.25) is 0 Å². The SMILES string of the molecule is Cc1nn(C)c(F)c1[N+](=O)[O-]. The van der Waals surface area contributed by atoms with E-state index in [1.165, 1.54) is 14.0 Å². The zero-order chi connectivity index (χ0) is 8.59. The molecule has 60 valence electrons. The predicted octanol–water partition coefficient (Wildman–Crippen LogP) is 0.776. The minimum Gasteiger partial charge on any atom is -0.258 e. The molecule has 0 radical (unpaired) electrons. The van der Waals surface area contributed by atoms with Crippen molar-refractivity contribution in [1.29, 1.82) is 0 Å². The first-order valence-corrected chi connectivity index (χ1v) is 2.87. The molecule has 0 fully saturated rings. The van der Waals surface area contributed by atoms with Crippen molar-refractivity contribution in [1.82, 2.24) is 9.78 Å². The molecule has 0 amide bonds. The Balaban J connectivity index is 3.34. The van der Waals surface area contributed by atoms with Gasteiger partial charge in [-0.1, -0.05) is 0 Å². The maximum Gasteiger partial charge on any atom is 0.346 e. The van der Waals surface area contributed by atoms with Gasteiger partial charge >= 0.3 is 5.69 Å². The van der Waals surface area contributed by atoms with E-state index in [4.69, 9.17) is 0 Å². The maximum atomic E-state index is 12.7. The van der Waals surface area contributed by atoms with Gasteiger partial charge in [-0.3, -0.25) is 10.1 Å². The molecule has 11 heavy (non-hydrogen) atoms. The monoisotopic (exact) mass is 159 g/mol. The summed E-state index contributed by atoms with van der Waals surface area (Å²) in [5.74, 6) is -0.910. The molecule has 0 atom stereocenters. The van der Waals surface area contributed by atoms with Crippen LogP contribution in [0.4, 0.5) is 10.1 Å². The molecule has 6 heteroatoms. The Morgan fingerprint density at radius 1 is 1.73 bits per heavy atom. The summed E-state index contributed by atoms with van der Waals surface area (Å²) >= 11 is 0. The van der Waals surface area contributed by atoms with Gasteiger partial charge in [-0.25, -0.2) is 4.68 Å². The van der Waals surface area contributed by atoms with Gasteiger partial charge in [-0.2, -0.15) is 9.49 Å². The molecular formula is C5H6FN3O2. The highest BCUT2D eigenvalue weighted by molar-refractivity contribution is 5.32. The number of hydrogen-bond donors (Lipinski definition) is 0. The molecule has 0 unspecified atom stereocenters. The Hall–Kier alpha value is -1.46. The summed E-state index contributed by atoms with van der Waals surface area (Å²) in [5.41, 5.74) is -0.456. The van der Waals surface area contributed by atoms with Gasteiger partial charge in [0.25, 0.3) is 5.95 Å². The average molecular weight is 159 g/mol. The van der Waals surface area contributed by atoms with E-state index in [9.17, 15) is 14.5 Å². The van der Waals surface area contributed by atoms with Crippen molar-refractivity contribution < 1.29 is 9.31 Å². The summed E-state index contributed by atoms with van der Waals surface area (Å²) in [5, 5.41) is 13.7. The third-order valence-corrected chi connectivity index (χ3v) is 1.30. The van der Waals surface area contributed by atoms with Crippen LogP contribution in [0.15, 0.2) is 0 Å². The lowest BCUT2D eigenvalue weighted by molar-refractivity contribution is -0.388. The van der Waals surface area contributed by atoms with E-state index in [0.29, 0.717) is 0 Å². The molecule has 0 bridgehead atoms. The number of hydrogen-bond acceptors (Lipinski definition) is 3. The maximum absolute atomic E-state index is 12.7. The summed E-state index contributed by atoms with van der Waals surface area (Å²) in [4.78, 5) is 9.39. The molecule has 0 aliphatic carbocycles. The topological polar surface area (TPSA) is 61.0 Å². The lowest BCUT2D eigenvalue weighted by Crippen LogP contribution is -1.95. The van der Waals surface area contributed by atoms with Crippen molar-refractivity contribution in [2.24, 2.45) is 7.05 Å². The fourth-order valence-electron chi connectivity index (χ4n) is 0.826. The van der Waals surface area contributed by atoms with E-state index < -0.39 is 16.6 Å². The molecule has 1 heterocycles. The number of nitrogens with zero attached hydrogens (tertiary/aromatic N) is 3. The van der Waals surface area contributed by atoms with Crippen molar-refractivity contribution in [2.75, 3.05) is 0 Å². The molecule has 0 spiro atoms. The van der Waals surface area contributed by atoms with E-state index in [-0.39, 0.29) is 5.69 Å². The third-order valence-electron chi connectivity index (χ3n) is 1.30. The first-order valence-electron chi connectivity index (χ1n) is 2.87. The van der Waals surface area contributed by atoms with Gasteiger partial charge < -0.3 is 0 Å². The fourth-order valence-corrected chi connectivity index (χ4v) is 0.826. The second kappa shape index (κ2) is 2.30. The van der Waals surface area contributed by atoms with Crippen LogP contribution < -0.4 is 0 Å². The minimum atomic E-state index is -0.910. The van der Waals surface area contributed by atoms with Crippen molar-refractivity contribution in [2.45, 2.75) is 6.92 Å². The van der Waals surface area contributed by atoms with Crippen LogP contribution in [0.3, 0.4) is 0 Å². The quantitative estimate of drug-likeness (QED) is 0.449. The van der Waals surface area contributed by atoms with E-state index in [0.717, 1.165) is 4.68 Å². The molecule has 1 rings (SSSR count). The lowest BCUT2D eigenvalue weighted by Gasteiger charge is -1.86. The molecule has 0 N–H and O–H groups in total. The Morgan fingerprint density at radius 3 is 2.45 bits per heavy atom. The van der Waals surface area contributed by atoms with Crippen LogP contribution >= 0.6 is 0 Å². The summed E-state index contributed by atoms with van der Waals surface area (Å²) in [6, 6.07) is 0. The van der Waals surface area contributed by atoms with Gasteiger partial charge in [0, 0.05) is 7.05 Å². The smallest absolute Gasteiger partial charge is 0.258 e. The second-order valence-electron chi connectivity index (χ2n) is 2.11. The van der Waals surface area contributed by atoms with E-state index in [2.05, 4.69) is 5.10 Å². The molecule has 0 aromatic carbocycles. The van der Waals surface area contributed by atoms with Crippen molar-refractivity contribution in [3.05, 3.63) is 21.8 Å². The number of aromatic nitrogens is 2. The minimum absolute atomic E-state index is 0.0926. The van der Waals surface area contributed by atoms with Crippen molar-refractivity contribution in [3.8, 4) is 0 Å². The predicted molar refractivity (Wildman–Crippen MR) is 34.6 cm³/mol. The molecule has 0 aliphatic heterocycles. The lowest BCUT2D eigenvalue weighted by atomic mass is 10.4. The van der Waals surface area contributed by atoms with E-state index in [1.807, 2.05) is 0 Å². The van der Waals surface area contributed by atoms with Crippen LogP contribution in [0.5, 0.6) is 0 Å². The number of halogens is 1. The Morgan fingerprint density at radius 2 is 2.27 bits per heavy atom.